The van der Waals surface area contributed by atoms with Gasteiger partial charge >= 0.3 is 51.4 Å². The van der Waals surface area contributed by atoms with Crippen LogP contribution >= 0.6 is 11.8 Å². The van der Waals surface area contributed by atoms with Crippen LogP contribution in [0.2, 0.25) is 0 Å². The summed E-state index contributed by atoms with van der Waals surface area (Å²) in [5.74, 6) is -2.99. The van der Waals surface area contributed by atoms with Crippen LogP contribution < -0.4 is 67.5 Å². The third-order valence-electron chi connectivity index (χ3n) is 5.21. The van der Waals surface area contributed by atoms with Gasteiger partial charge in [0.15, 0.2) is 0 Å². The Labute approximate surface area is 204 Å². The number of nitrogens with one attached hydrogen (secondary N) is 1. The number of aliphatic carboxylic acids is 1. The van der Waals surface area contributed by atoms with Crippen molar-refractivity contribution < 1.29 is 76.0 Å². The molecule has 0 bridgehead atoms. The van der Waals surface area contributed by atoms with Gasteiger partial charge in [-0.15, -0.1) is 11.8 Å². The Morgan fingerprint density at radius 3 is 2.70 bits per heavy atom. The van der Waals surface area contributed by atoms with Gasteiger partial charge in [-0.2, -0.15) is 0 Å². The molecule has 2 fully saturated rings. The summed E-state index contributed by atoms with van der Waals surface area (Å²) in [6.07, 6.45) is 2.90. The molecule has 10 heteroatoms. The van der Waals surface area contributed by atoms with Gasteiger partial charge in [-0.25, -0.2) is 0 Å². The van der Waals surface area contributed by atoms with E-state index in [4.69, 9.17) is 5.73 Å². The van der Waals surface area contributed by atoms with Crippen molar-refractivity contribution in [1.29, 1.82) is 0 Å². The number of aliphatic hydroxyl groups excluding tert-OH is 1. The zero-order valence-corrected chi connectivity index (χ0v) is 19.5. The van der Waals surface area contributed by atoms with Crippen LogP contribution in [-0.4, -0.2) is 57.8 Å². The zero-order chi connectivity index (χ0) is 19.2. The number of aliphatic hydroxyl groups is 1. The van der Waals surface area contributed by atoms with Crippen LogP contribution in [0.4, 0.5) is 0 Å². The summed E-state index contributed by atoms with van der Waals surface area (Å²) in [6, 6.07) is -0.342. The molecule has 3 aliphatic heterocycles. The first kappa shape index (κ1) is 23.1. The average molecular weight is 420 g/mol. The molecule has 0 saturated carbocycles. The second-order valence-electron chi connectivity index (χ2n) is 7.01. The van der Waals surface area contributed by atoms with Crippen molar-refractivity contribution in [3.8, 4) is 0 Å². The summed E-state index contributed by atoms with van der Waals surface area (Å²) in [6.45, 7) is 4.07. The number of primary amides is 1. The van der Waals surface area contributed by atoms with Crippen LogP contribution in [0.25, 0.3) is 0 Å². The Morgan fingerprint density at radius 2 is 2.15 bits per heavy atom. The van der Waals surface area contributed by atoms with Crippen molar-refractivity contribution >= 4 is 29.5 Å². The number of hydrogen-bond acceptors (Lipinski definition) is 7. The van der Waals surface area contributed by atoms with E-state index in [1.165, 1.54) is 22.7 Å². The van der Waals surface area contributed by atoms with Crippen LogP contribution in [0.5, 0.6) is 0 Å². The van der Waals surface area contributed by atoms with Crippen molar-refractivity contribution in [3.05, 3.63) is 22.8 Å². The first-order chi connectivity index (χ1) is 12.2. The third kappa shape index (κ3) is 4.37. The summed E-state index contributed by atoms with van der Waals surface area (Å²) >= 11 is 1.43. The van der Waals surface area contributed by atoms with Gasteiger partial charge in [-0.05, 0) is 13.3 Å². The molecule has 0 aromatic carbocycles. The molecule has 27 heavy (non-hydrogen) atoms. The van der Waals surface area contributed by atoms with Gasteiger partial charge in [0, 0.05) is 34.7 Å². The van der Waals surface area contributed by atoms with Gasteiger partial charge in [-0.1, -0.05) is 13.0 Å². The van der Waals surface area contributed by atoms with Gasteiger partial charge in [0.05, 0.1) is 29.7 Å². The van der Waals surface area contributed by atoms with E-state index >= 15 is 0 Å². The smallest absolute Gasteiger partial charge is 0.543 e. The fourth-order valence-corrected chi connectivity index (χ4v) is 5.52. The quantitative estimate of drug-likeness (QED) is 0.224. The number of hydrogen-bond donors (Lipinski definition) is 3. The van der Waals surface area contributed by atoms with E-state index in [0.717, 1.165) is 0 Å². The van der Waals surface area contributed by atoms with E-state index in [-0.39, 0.29) is 86.2 Å². The molecule has 0 aromatic rings. The van der Waals surface area contributed by atoms with E-state index in [1.54, 1.807) is 13.0 Å². The van der Waals surface area contributed by atoms with Crippen LogP contribution in [-0.2, 0) is 14.4 Å². The third-order valence-corrected chi connectivity index (χ3v) is 6.72. The van der Waals surface area contributed by atoms with E-state index in [9.17, 15) is 24.6 Å². The normalized spacial score (nSPS) is 33.7. The van der Waals surface area contributed by atoms with E-state index < -0.39 is 23.9 Å². The molecular weight excluding hydrogens is 397 g/mol. The SMILES string of the molecule is C[C@@H](O)[C@H]1C(=O)N2C(C(=O)[O-])=C(S[C@@H]3CN[C@H](/C=C/C(N)=O)C3)[C@H](C)[C@H]12.[K+]. The van der Waals surface area contributed by atoms with Gasteiger partial charge in [0.1, 0.15) is 0 Å². The van der Waals surface area contributed by atoms with Crippen LogP contribution in [0.3, 0.4) is 0 Å². The fraction of sp³-hybridized carbons (Fsp3) is 0.588. The number of nitrogens with zero attached hydrogens (tertiary/aromatic N) is 1. The van der Waals surface area contributed by atoms with E-state index in [2.05, 4.69) is 5.32 Å². The molecule has 0 aliphatic carbocycles. The Hall–Kier alpha value is -0.204. The molecule has 6 atom stereocenters. The molecule has 2 saturated heterocycles. The Morgan fingerprint density at radius 1 is 1.48 bits per heavy atom. The number of carboxylic acids is 1. The minimum Gasteiger partial charge on any atom is -0.543 e. The van der Waals surface area contributed by atoms with Crippen LogP contribution in [0.15, 0.2) is 22.8 Å². The Bertz CT molecular complexity index is 711. The molecule has 0 unspecified atom stereocenters. The van der Waals surface area contributed by atoms with Gasteiger partial charge in [0.25, 0.3) is 0 Å². The molecule has 3 rings (SSSR count). The monoisotopic (exact) mass is 419 g/mol. The fourth-order valence-electron chi connectivity index (χ4n) is 4.03. The zero-order valence-electron chi connectivity index (χ0n) is 15.5. The number of nitrogens with two attached hydrogens (primary N) is 1. The minimum atomic E-state index is -1.37. The van der Waals surface area contributed by atoms with E-state index in [0.29, 0.717) is 17.9 Å². The second kappa shape index (κ2) is 9.08. The molecule has 8 nitrogen and oxygen atoms in total. The van der Waals surface area contributed by atoms with Crippen molar-refractivity contribution in [1.82, 2.24) is 10.2 Å². The maximum absolute atomic E-state index is 12.3. The van der Waals surface area contributed by atoms with E-state index in [1.807, 2.05) is 6.92 Å². The van der Waals surface area contributed by atoms with Crippen LogP contribution in [0.1, 0.15) is 20.3 Å². The first-order valence-electron chi connectivity index (χ1n) is 8.56. The van der Waals surface area contributed by atoms with Gasteiger partial charge in [-0.3, -0.25) is 9.59 Å². The van der Waals surface area contributed by atoms with Crippen molar-refractivity contribution in [2.24, 2.45) is 17.6 Å². The molecule has 142 valence electrons. The first-order valence-corrected chi connectivity index (χ1v) is 9.44. The standard InChI is InChI=1S/C17H23N3O5S.K/c1-7-13-12(8(2)21)16(23)20(13)14(17(24)25)15(7)26-10-5-9(19-6-10)3-4-11(18)22;/h3-4,7-10,12-13,19,21H,5-6H2,1-2H3,(H2,18,22)(H,24,25);/q;+1/p-1/b4-3+;/t7-,8-,9-,10+,12-,13-;/m1./s1. The van der Waals surface area contributed by atoms with Crippen molar-refractivity contribution in [2.75, 3.05) is 6.54 Å². The number of fused-ring (bicyclic) bond motifs is 1. The predicted molar refractivity (Wildman–Crippen MR) is 93.1 cm³/mol. The number of carbonyl (C=O) groups excluding carboxylic acids is 3. The minimum absolute atomic E-state index is 0. The summed E-state index contributed by atoms with van der Waals surface area (Å²) in [4.78, 5) is 36.7. The summed E-state index contributed by atoms with van der Waals surface area (Å²) in [5.41, 5.74) is 5.03. The second-order valence-corrected chi connectivity index (χ2v) is 8.35. The summed E-state index contributed by atoms with van der Waals surface area (Å²) < 4.78 is 0. The predicted octanol–water partition coefficient (Wildman–Crippen LogP) is -4.69. The van der Waals surface area contributed by atoms with Gasteiger partial charge < -0.3 is 31.0 Å². The largest absolute Gasteiger partial charge is 1.00 e. The number of amides is 2. The van der Waals surface area contributed by atoms with Crippen molar-refractivity contribution in [2.45, 2.75) is 43.7 Å². The molecule has 0 aromatic heterocycles. The molecule has 0 spiro atoms. The molecule has 3 heterocycles. The maximum Gasteiger partial charge on any atom is 1.00 e. The average Bonchev–Trinajstić information content (AvgIpc) is 3.08. The van der Waals surface area contributed by atoms with Gasteiger partial charge in [0.2, 0.25) is 11.8 Å². The molecule has 4 N–H and O–H groups in total. The topological polar surface area (TPSA) is 136 Å². The number of carbonyl (C=O) groups is 3. The number of rotatable bonds is 6. The number of carboxylic acid groups (broad SMARTS) is 1. The molecule has 2 amide bonds. The van der Waals surface area contributed by atoms with Crippen molar-refractivity contribution in [3.63, 3.8) is 0 Å². The molecule has 0 radical (unpaired) electrons. The van der Waals surface area contributed by atoms with Crippen LogP contribution in [0, 0.1) is 11.8 Å². The Kier molecular flexibility index (Phi) is 7.76. The number of β-lactam (4-membered cyclic amide) rings is 1. The number of thioether (sulfide) groups is 1. The molecule has 3 aliphatic rings. The maximum atomic E-state index is 12.3. The molecular formula is C17H22KN3O5S. The summed E-state index contributed by atoms with van der Waals surface area (Å²) in [5, 5.41) is 24.9. The summed E-state index contributed by atoms with van der Waals surface area (Å²) in [7, 11) is 0. The Balaban J connectivity index is 0.00000261.